The third kappa shape index (κ3) is 5.41. The molecule has 0 saturated carbocycles. The second-order valence-corrected chi connectivity index (χ2v) is 6.62. The van der Waals surface area contributed by atoms with Crippen molar-refractivity contribution in [3.8, 4) is 0 Å². The van der Waals surface area contributed by atoms with E-state index in [9.17, 15) is 0 Å². The van der Waals surface area contributed by atoms with Crippen LogP contribution in [0.5, 0.6) is 0 Å². The minimum Gasteiger partial charge on any atom is -0.297 e. The van der Waals surface area contributed by atoms with Gasteiger partial charge in [0.25, 0.3) is 0 Å². The highest BCUT2D eigenvalue weighted by Gasteiger charge is 2.34. The van der Waals surface area contributed by atoms with E-state index in [2.05, 4.69) is 31.1 Å². The molecule has 1 heterocycles. The number of rotatable bonds is 8. The molecule has 1 aliphatic heterocycles. The third-order valence-electron chi connectivity index (χ3n) is 4.82. The van der Waals surface area contributed by atoms with E-state index in [-0.39, 0.29) is 5.54 Å². The van der Waals surface area contributed by atoms with Crippen molar-refractivity contribution in [2.45, 2.75) is 90.1 Å². The van der Waals surface area contributed by atoms with E-state index in [1.54, 1.807) is 0 Å². The van der Waals surface area contributed by atoms with Crippen molar-refractivity contribution in [3.05, 3.63) is 0 Å². The number of nitrogens with zero attached hydrogens (tertiary/aromatic N) is 1. The van der Waals surface area contributed by atoms with E-state index < -0.39 is 0 Å². The van der Waals surface area contributed by atoms with Gasteiger partial charge in [-0.15, -0.1) is 0 Å². The van der Waals surface area contributed by atoms with Crippen LogP contribution in [0.15, 0.2) is 0 Å². The van der Waals surface area contributed by atoms with Gasteiger partial charge in [0, 0.05) is 11.6 Å². The van der Waals surface area contributed by atoms with Gasteiger partial charge in [-0.3, -0.25) is 16.2 Å². The highest BCUT2D eigenvalue weighted by molar-refractivity contribution is 4.93. The van der Waals surface area contributed by atoms with Crippen molar-refractivity contribution in [1.82, 2.24) is 10.3 Å². The Balaban J connectivity index is 2.49. The number of hydrogen-bond acceptors (Lipinski definition) is 3. The maximum atomic E-state index is 5.84. The fourth-order valence-corrected chi connectivity index (χ4v) is 3.28. The lowest BCUT2D eigenvalue weighted by atomic mass is 9.88. The van der Waals surface area contributed by atoms with Gasteiger partial charge < -0.3 is 0 Å². The molecule has 0 aliphatic carbocycles. The molecule has 114 valence electrons. The standard InChI is InChI=1S/C16H35N3/c1-4-5-6-9-12-15(18-17)16(2,3)19-13-10-7-8-11-14-19/h15,18H,4-14,17H2,1-3H3. The summed E-state index contributed by atoms with van der Waals surface area (Å²) < 4.78 is 0. The van der Waals surface area contributed by atoms with Crippen LogP contribution >= 0.6 is 0 Å². The number of nitrogens with two attached hydrogens (primary N) is 1. The molecule has 1 aliphatic rings. The largest absolute Gasteiger partial charge is 0.297 e. The van der Waals surface area contributed by atoms with Gasteiger partial charge in [-0.25, -0.2) is 0 Å². The average molecular weight is 269 g/mol. The Morgan fingerprint density at radius 3 is 2.21 bits per heavy atom. The predicted molar refractivity (Wildman–Crippen MR) is 84.0 cm³/mol. The summed E-state index contributed by atoms with van der Waals surface area (Å²) in [5.41, 5.74) is 3.27. The van der Waals surface area contributed by atoms with E-state index in [0.717, 1.165) is 0 Å². The Hall–Kier alpha value is -0.120. The van der Waals surface area contributed by atoms with Gasteiger partial charge in [0.05, 0.1) is 0 Å². The second kappa shape index (κ2) is 8.93. The van der Waals surface area contributed by atoms with Crippen LogP contribution in [0, 0.1) is 0 Å². The molecule has 0 amide bonds. The summed E-state index contributed by atoms with van der Waals surface area (Å²) in [6.07, 6.45) is 11.9. The molecule has 1 fully saturated rings. The van der Waals surface area contributed by atoms with Gasteiger partial charge in [0.15, 0.2) is 0 Å². The zero-order chi connectivity index (χ0) is 14.1. The molecule has 3 heteroatoms. The smallest absolute Gasteiger partial charge is 0.0389 e. The highest BCUT2D eigenvalue weighted by Crippen LogP contribution is 2.26. The molecule has 1 rings (SSSR count). The normalized spacial score (nSPS) is 20.2. The van der Waals surface area contributed by atoms with E-state index in [1.165, 1.54) is 70.9 Å². The molecule has 0 aromatic rings. The first-order chi connectivity index (χ1) is 9.12. The maximum Gasteiger partial charge on any atom is 0.0389 e. The van der Waals surface area contributed by atoms with Crippen molar-refractivity contribution >= 4 is 0 Å². The summed E-state index contributed by atoms with van der Waals surface area (Å²) in [7, 11) is 0. The number of unbranched alkanes of at least 4 members (excludes halogenated alkanes) is 3. The Labute approximate surface area is 120 Å². The number of likely N-dealkylation sites (tertiary alicyclic amines) is 1. The Bertz CT molecular complexity index is 220. The van der Waals surface area contributed by atoms with E-state index in [0.29, 0.717) is 6.04 Å². The molecule has 1 unspecified atom stereocenters. The predicted octanol–water partition coefficient (Wildman–Crippen LogP) is 3.44. The number of nitrogens with one attached hydrogen (secondary N) is 1. The van der Waals surface area contributed by atoms with Gasteiger partial charge >= 0.3 is 0 Å². The molecule has 0 spiro atoms. The van der Waals surface area contributed by atoms with Crippen LogP contribution in [-0.2, 0) is 0 Å². The molecule has 3 N–H and O–H groups in total. The van der Waals surface area contributed by atoms with Gasteiger partial charge in [0.2, 0.25) is 0 Å². The van der Waals surface area contributed by atoms with Crippen LogP contribution in [-0.4, -0.2) is 29.6 Å². The summed E-state index contributed by atoms with van der Waals surface area (Å²) >= 11 is 0. The van der Waals surface area contributed by atoms with E-state index >= 15 is 0 Å². The zero-order valence-corrected chi connectivity index (χ0v) is 13.4. The monoisotopic (exact) mass is 269 g/mol. The van der Waals surface area contributed by atoms with Crippen LogP contribution < -0.4 is 11.3 Å². The van der Waals surface area contributed by atoms with Gasteiger partial charge in [-0.05, 0) is 46.2 Å². The second-order valence-electron chi connectivity index (χ2n) is 6.62. The summed E-state index contributed by atoms with van der Waals surface area (Å²) in [5, 5.41) is 0. The molecule has 1 atom stereocenters. The van der Waals surface area contributed by atoms with Crippen LogP contribution in [0.2, 0.25) is 0 Å². The fourth-order valence-electron chi connectivity index (χ4n) is 3.28. The van der Waals surface area contributed by atoms with Crippen molar-refractivity contribution < 1.29 is 0 Å². The lowest BCUT2D eigenvalue weighted by Crippen LogP contribution is -2.59. The van der Waals surface area contributed by atoms with Crippen LogP contribution in [0.3, 0.4) is 0 Å². The third-order valence-corrected chi connectivity index (χ3v) is 4.82. The van der Waals surface area contributed by atoms with Crippen LogP contribution in [0.4, 0.5) is 0 Å². The molecule has 0 aromatic heterocycles. The first kappa shape index (κ1) is 16.9. The van der Waals surface area contributed by atoms with Crippen LogP contribution in [0.1, 0.15) is 78.6 Å². The molecule has 1 saturated heterocycles. The van der Waals surface area contributed by atoms with Crippen LogP contribution in [0.25, 0.3) is 0 Å². The quantitative estimate of drug-likeness (QED) is 0.403. The van der Waals surface area contributed by atoms with Crippen molar-refractivity contribution in [3.63, 3.8) is 0 Å². The first-order valence-corrected chi connectivity index (χ1v) is 8.34. The van der Waals surface area contributed by atoms with Crippen molar-refractivity contribution in [2.24, 2.45) is 5.84 Å². The molecular formula is C16H35N3. The van der Waals surface area contributed by atoms with Gasteiger partial charge in [-0.2, -0.15) is 0 Å². The Morgan fingerprint density at radius 1 is 1.05 bits per heavy atom. The molecule has 0 bridgehead atoms. The summed E-state index contributed by atoms with van der Waals surface area (Å²) in [6.45, 7) is 9.46. The number of hydrazine groups is 1. The first-order valence-electron chi connectivity index (χ1n) is 8.34. The summed E-state index contributed by atoms with van der Waals surface area (Å²) in [4.78, 5) is 2.66. The zero-order valence-electron chi connectivity index (χ0n) is 13.4. The molecule has 3 nitrogen and oxygen atoms in total. The van der Waals surface area contributed by atoms with Gasteiger partial charge in [-0.1, -0.05) is 45.4 Å². The fraction of sp³-hybridized carbons (Fsp3) is 1.00. The van der Waals surface area contributed by atoms with Gasteiger partial charge in [0.1, 0.15) is 0 Å². The minimum absolute atomic E-state index is 0.172. The Morgan fingerprint density at radius 2 is 1.68 bits per heavy atom. The molecular weight excluding hydrogens is 234 g/mol. The average Bonchev–Trinajstić information content (AvgIpc) is 2.68. The van der Waals surface area contributed by atoms with Crippen molar-refractivity contribution in [2.75, 3.05) is 13.1 Å². The molecule has 19 heavy (non-hydrogen) atoms. The van der Waals surface area contributed by atoms with Crippen molar-refractivity contribution in [1.29, 1.82) is 0 Å². The lowest BCUT2D eigenvalue weighted by molar-refractivity contribution is 0.0789. The highest BCUT2D eigenvalue weighted by atomic mass is 15.3. The van der Waals surface area contributed by atoms with E-state index in [4.69, 9.17) is 5.84 Å². The molecule has 0 aromatic carbocycles. The SMILES string of the molecule is CCCCCCC(NN)C(C)(C)N1CCCCCC1. The minimum atomic E-state index is 0.172. The maximum absolute atomic E-state index is 5.84. The lowest BCUT2D eigenvalue weighted by Gasteiger charge is -2.43. The summed E-state index contributed by atoms with van der Waals surface area (Å²) in [5.74, 6) is 5.84. The topological polar surface area (TPSA) is 41.3 Å². The number of hydrogen-bond donors (Lipinski definition) is 2. The Kier molecular flexibility index (Phi) is 7.96. The molecule has 0 radical (unpaired) electrons. The van der Waals surface area contributed by atoms with E-state index in [1.807, 2.05) is 0 Å². The summed E-state index contributed by atoms with van der Waals surface area (Å²) in [6, 6.07) is 0.405.